The van der Waals surface area contributed by atoms with Crippen LogP contribution in [0.15, 0.2) is 102 Å². The second-order valence-corrected chi connectivity index (χ2v) is 37.4. The number of Topliss-reactive ketones (excluding diaryl/α,β-unsaturated/α-hetero) is 2. The molecule has 18 rings (SSSR count). The summed E-state index contributed by atoms with van der Waals surface area (Å²) in [6.07, 6.45) is 40.2. The maximum atomic E-state index is 13.9. The van der Waals surface area contributed by atoms with Gasteiger partial charge in [-0.25, -0.2) is 14.4 Å². The number of carbonyl (C=O) groups is 4. The maximum Gasteiger partial charge on any atom is 0.332 e. The van der Waals surface area contributed by atoms with Crippen LogP contribution in [0.1, 0.15) is 271 Å². The summed E-state index contributed by atoms with van der Waals surface area (Å²) in [7, 11) is 1.29. The zero-order valence-electron chi connectivity index (χ0n) is 68.0. The molecule has 12 bridgehead atoms. The van der Waals surface area contributed by atoms with Crippen molar-refractivity contribution in [2.24, 2.45) is 47.3 Å². The van der Waals surface area contributed by atoms with Gasteiger partial charge in [0, 0.05) is 78.9 Å². The zero-order chi connectivity index (χ0) is 78.5. The van der Waals surface area contributed by atoms with Crippen molar-refractivity contribution in [2.45, 2.75) is 345 Å². The van der Waals surface area contributed by atoms with Crippen molar-refractivity contribution in [3.63, 3.8) is 0 Å². The minimum absolute atomic E-state index is 0.00151. The highest BCUT2D eigenvalue weighted by molar-refractivity contribution is 5.85. The van der Waals surface area contributed by atoms with Crippen molar-refractivity contribution >= 4 is 56.2 Å². The van der Waals surface area contributed by atoms with Crippen LogP contribution >= 0.6 is 0 Å². The van der Waals surface area contributed by atoms with Crippen LogP contribution in [0, 0.1) is 47.3 Å². The van der Waals surface area contributed by atoms with Crippen LogP contribution in [0.2, 0.25) is 0 Å². The van der Waals surface area contributed by atoms with E-state index in [1.165, 1.54) is 189 Å². The molecule has 6 aliphatic carbocycles. The highest BCUT2D eigenvalue weighted by atomic mass is 16.5. The summed E-state index contributed by atoms with van der Waals surface area (Å²) in [6, 6.07) is 25.6. The lowest BCUT2D eigenvalue weighted by atomic mass is 9.64. The van der Waals surface area contributed by atoms with E-state index in [1.54, 1.807) is 61.5 Å². The Morgan fingerprint density at radius 1 is 0.345 bits per heavy atom. The van der Waals surface area contributed by atoms with E-state index in [-0.39, 0.29) is 96.8 Å². The van der Waals surface area contributed by atoms with Crippen LogP contribution < -0.4 is 33.7 Å². The van der Waals surface area contributed by atoms with E-state index < -0.39 is 17.6 Å². The normalized spacial score (nSPS) is 32.8. The smallest absolute Gasteiger partial charge is 0.332 e. The molecular formula is C92H125N9O12. The van der Waals surface area contributed by atoms with Crippen LogP contribution in [0.25, 0.3) is 32.7 Å². The standard InChI is InChI=1S/C31H41N3O5.C31H43N3O4.C30H41N3O3/c1-39-29(36)13-12-26(35)19-32-28-11-3-2-10-27(28)30(37)34(31(32)38)25-17-22-8-5-9-23(18-25)33(22)24-15-20-6-4-7-21(14-20)16-24;1-3-20-12-21-14-22(13-20)16-25(15-21)33-23-8-7-9-24(33)18-26(17-23)34-30(36)27-10-5-6-11-28(27)32(31(34)37)19-29(35)38-4-2;1-3-20-11-21-13-22(12-20)15-25(14-21)32-23-7-6-8-24(32)17-26(16-23)33-29(35)27-9-4-5-10-28(27)31(30(33)36)18-19(2)34/h2-3,10-11,20-25H,4-9,12-19H2,1H3;5-6,10-11,20-26H,3-4,7-9,12-19H2,1-2H3;4-5,9-10,20-26H,3,6-8,11-18H2,1-2H3/t20-,21+,22-,23+,24?,25?;2*20?,21-,22+,23-,24+,25?,26?. The van der Waals surface area contributed by atoms with E-state index in [2.05, 4.69) is 33.3 Å². The number of rotatable bonds is 18. The molecule has 3 aromatic carbocycles. The highest BCUT2D eigenvalue weighted by Gasteiger charge is 2.51. The minimum Gasteiger partial charge on any atom is -0.469 e. The average Bonchev–Trinajstić information content (AvgIpc) is 0.750. The summed E-state index contributed by atoms with van der Waals surface area (Å²) in [4.78, 5) is 140. The third kappa shape index (κ3) is 16.4. The lowest BCUT2D eigenvalue weighted by Gasteiger charge is -2.55. The molecule has 21 heteroatoms. The number of piperidine rings is 6. The Morgan fingerprint density at radius 3 is 1.00 bits per heavy atom. The number of ether oxygens (including phenoxy) is 2. The van der Waals surface area contributed by atoms with E-state index in [0.29, 0.717) is 87.1 Å². The second kappa shape index (κ2) is 34.4. The lowest BCUT2D eigenvalue weighted by molar-refractivity contribution is -0.144. The van der Waals surface area contributed by atoms with E-state index in [9.17, 15) is 47.9 Å². The largest absolute Gasteiger partial charge is 0.469 e. The van der Waals surface area contributed by atoms with Gasteiger partial charge in [0.25, 0.3) is 16.7 Å². The Kier molecular flexibility index (Phi) is 24.2. The van der Waals surface area contributed by atoms with Gasteiger partial charge in [0.05, 0.1) is 65.9 Å². The molecule has 0 N–H and O–H groups in total. The monoisotopic (exact) mass is 1550 g/mol. The number of benzene rings is 3. The fourth-order valence-electron chi connectivity index (χ4n) is 26.2. The van der Waals surface area contributed by atoms with E-state index >= 15 is 0 Å². The Morgan fingerprint density at radius 2 is 0.664 bits per heavy atom. The first-order chi connectivity index (χ1) is 54.8. The van der Waals surface area contributed by atoms with Crippen molar-refractivity contribution in [3.8, 4) is 0 Å². The first-order valence-electron chi connectivity index (χ1n) is 44.6. The molecule has 6 aliphatic heterocycles. The first kappa shape index (κ1) is 79.5. The predicted octanol–water partition coefficient (Wildman–Crippen LogP) is 14.0. The van der Waals surface area contributed by atoms with Crippen LogP contribution in [0.4, 0.5) is 0 Å². The summed E-state index contributed by atoms with van der Waals surface area (Å²) >= 11 is 0. The van der Waals surface area contributed by atoms with E-state index in [4.69, 9.17) is 4.74 Å². The summed E-state index contributed by atoms with van der Waals surface area (Å²) < 4.78 is 18.7. The molecule has 3 aromatic heterocycles. The number of fused-ring (bicyclic) bond motifs is 15. The molecule has 12 aliphatic rings. The zero-order valence-corrected chi connectivity index (χ0v) is 68.0. The molecule has 0 amide bonds. The molecule has 21 nitrogen and oxygen atoms in total. The highest BCUT2D eigenvalue weighted by Crippen LogP contribution is 2.52. The van der Waals surface area contributed by atoms with Gasteiger partial charge in [-0.15, -0.1) is 0 Å². The van der Waals surface area contributed by atoms with Gasteiger partial charge >= 0.3 is 29.0 Å². The Labute approximate surface area is 664 Å². The number of methoxy groups -OCH3 is 1. The average molecular weight is 1550 g/mol. The topological polar surface area (TPSA) is 228 Å². The summed E-state index contributed by atoms with van der Waals surface area (Å²) in [6.45, 7) is 7.90. The number of esters is 2. The van der Waals surface area contributed by atoms with Crippen LogP contribution in [0.3, 0.4) is 0 Å². The molecule has 6 aromatic rings. The molecule has 9 heterocycles. The molecule has 12 fully saturated rings. The predicted molar refractivity (Wildman–Crippen MR) is 439 cm³/mol. The van der Waals surface area contributed by atoms with Crippen LogP contribution in [0.5, 0.6) is 0 Å². The molecular weight excluding hydrogens is 1420 g/mol. The first-order valence-corrected chi connectivity index (χ1v) is 44.6. The number of aromatic nitrogens is 6. The number of hydrogen-bond acceptors (Lipinski definition) is 15. The van der Waals surface area contributed by atoms with Crippen LogP contribution in [-0.2, 0) is 48.3 Å². The van der Waals surface area contributed by atoms with Gasteiger partial charge in [-0.3, -0.25) is 75.7 Å². The molecule has 6 saturated carbocycles. The van der Waals surface area contributed by atoms with Gasteiger partial charge in [0.15, 0.2) is 5.78 Å². The SMILES string of the molecule is CCC1C[C@@H]2CC(N3[C@@H]4CCC[C@H]3CC(n3c(=O)c5ccccc5n(CC(C)=O)c3=O)C4)C[C@H](C1)C2.CCOC(=O)Cn1c(=O)n(C2C[C@H]3CCC[C@@H](C2)N3C2C[C@H]3CC(CC)C[C@@H](C2)C3)c(=O)c2ccccc21.COC(=O)CCC(=O)Cn1c(=O)n(C2C[C@H]3CCC[C@@H](C2)N3C2C[C@H]3CCC[C@@H](C2)C3)c(=O)c2ccccc21. The third-order valence-corrected chi connectivity index (χ3v) is 30.4. The van der Waals surface area contributed by atoms with Crippen molar-refractivity contribution in [3.05, 3.63) is 135 Å². The van der Waals surface area contributed by atoms with Gasteiger partial charge in [-0.05, 0) is 258 Å². The van der Waals surface area contributed by atoms with Gasteiger partial charge in [0.1, 0.15) is 12.3 Å². The van der Waals surface area contributed by atoms with Crippen molar-refractivity contribution in [2.75, 3.05) is 13.7 Å². The van der Waals surface area contributed by atoms with E-state index in [0.717, 1.165) is 112 Å². The van der Waals surface area contributed by atoms with Gasteiger partial charge in [-0.2, -0.15) is 0 Å². The summed E-state index contributed by atoms with van der Waals surface area (Å²) in [5.41, 5.74) is -0.226. The maximum absolute atomic E-state index is 13.9. The number of nitrogens with zero attached hydrogens (tertiary/aromatic N) is 9. The second-order valence-electron chi connectivity index (χ2n) is 37.4. The van der Waals surface area contributed by atoms with Crippen molar-refractivity contribution in [1.29, 1.82) is 0 Å². The Hall–Kier alpha value is -7.36. The molecule has 0 radical (unpaired) electrons. The number of hydrogen-bond donors (Lipinski definition) is 0. The quantitative estimate of drug-likeness (QED) is 0.0729. The molecule has 113 heavy (non-hydrogen) atoms. The number of carbonyl (C=O) groups excluding carboxylic acids is 4. The fourth-order valence-corrected chi connectivity index (χ4v) is 26.2. The lowest BCUT2D eigenvalue weighted by Crippen LogP contribution is -2.59. The summed E-state index contributed by atoms with van der Waals surface area (Å²) in [5.74, 6) is 5.87. The molecule has 6 saturated heterocycles. The van der Waals surface area contributed by atoms with Gasteiger partial charge in [0.2, 0.25) is 0 Å². The van der Waals surface area contributed by atoms with Crippen molar-refractivity contribution in [1.82, 2.24) is 42.1 Å². The van der Waals surface area contributed by atoms with Crippen molar-refractivity contribution < 1.29 is 28.7 Å². The molecule has 0 spiro atoms. The fraction of sp³-hybridized carbons (Fsp3) is 0.696. The Balaban J connectivity index is 0.000000128. The van der Waals surface area contributed by atoms with Crippen LogP contribution in [-0.4, -0.2) is 134 Å². The summed E-state index contributed by atoms with van der Waals surface area (Å²) in [5, 5.41) is 1.50. The third-order valence-electron chi connectivity index (χ3n) is 30.4. The molecule has 8 unspecified atom stereocenters. The molecule has 610 valence electrons. The van der Waals surface area contributed by atoms with Gasteiger partial charge < -0.3 is 9.47 Å². The number of para-hydroxylation sites is 3. The van der Waals surface area contributed by atoms with Gasteiger partial charge in [-0.1, -0.05) is 102 Å². The molecule has 20 atom stereocenters. The number of ketones is 2. The minimum atomic E-state index is -0.454. The Bertz CT molecular complexity index is 4790. The van der Waals surface area contributed by atoms with E-state index in [1.807, 2.05) is 18.2 Å².